The lowest BCUT2D eigenvalue weighted by molar-refractivity contribution is -0.434. The molecule has 0 saturated heterocycles. The number of halogens is 6. The Balaban J connectivity index is 2.16. The van der Waals surface area contributed by atoms with E-state index in [0.29, 0.717) is 23.4 Å². The summed E-state index contributed by atoms with van der Waals surface area (Å²) in [5.41, 5.74) is -4.91. The minimum Gasteiger partial charge on any atom is -0.459 e. The van der Waals surface area contributed by atoms with E-state index in [9.17, 15) is 46.0 Å². The van der Waals surface area contributed by atoms with Crippen LogP contribution in [-0.4, -0.2) is 57.2 Å². The highest BCUT2D eigenvalue weighted by atomic mass is 32.2. The number of esters is 1. The first kappa shape index (κ1) is 33.6. The number of likely N-dealkylation sites (N-methyl/N-ethyl adjacent to an activating group) is 1. The molecule has 0 radical (unpaired) electrons. The smallest absolute Gasteiger partial charge is 0.418 e. The van der Waals surface area contributed by atoms with Crippen LogP contribution in [-0.2, 0) is 22.1 Å². The van der Waals surface area contributed by atoms with Crippen LogP contribution in [0.5, 0.6) is 0 Å². The number of Topliss-reactive ketones (excluding diaryl/α,β-unsaturated/α-hetero) is 1. The summed E-state index contributed by atoms with van der Waals surface area (Å²) in [4.78, 5) is 42.8. The molecule has 3 rings (SSSR count). The Kier molecular flexibility index (Phi) is 9.99. The normalized spacial score (nSPS) is 16.7. The van der Waals surface area contributed by atoms with Crippen LogP contribution in [0.1, 0.15) is 42.4 Å². The number of thioether (sulfide) groups is 1. The number of hydrogen-bond acceptors (Lipinski definition) is 8. The molecule has 2 aromatic rings. The summed E-state index contributed by atoms with van der Waals surface area (Å²) in [7, 11) is 1.01. The fraction of sp³-hybridized carbons (Fsp3) is 0.393. The summed E-state index contributed by atoms with van der Waals surface area (Å²) in [5, 5.41) is 12.0. The maximum absolute atomic E-state index is 14.0. The molecule has 1 aliphatic rings. The highest BCUT2D eigenvalue weighted by molar-refractivity contribution is 7.99. The van der Waals surface area contributed by atoms with Crippen LogP contribution in [0.4, 0.5) is 26.3 Å². The number of ketones is 1. The predicted molar refractivity (Wildman–Crippen MR) is 145 cm³/mol. The van der Waals surface area contributed by atoms with E-state index >= 15 is 0 Å². The number of aromatic nitrogens is 1. The zero-order chi connectivity index (χ0) is 32.3. The molecule has 43 heavy (non-hydrogen) atoms. The van der Waals surface area contributed by atoms with Gasteiger partial charge in [-0.25, -0.2) is 0 Å². The van der Waals surface area contributed by atoms with Crippen LogP contribution in [0.3, 0.4) is 0 Å². The summed E-state index contributed by atoms with van der Waals surface area (Å²) >= 11 is 0.805. The van der Waals surface area contributed by atoms with E-state index in [1.54, 1.807) is 37.3 Å². The number of benzene rings is 1. The first-order valence-corrected chi connectivity index (χ1v) is 13.7. The second kappa shape index (κ2) is 12.8. The Hall–Kier alpha value is -3.88. The Morgan fingerprint density at radius 1 is 1.12 bits per heavy atom. The maximum Gasteiger partial charge on any atom is 0.418 e. The van der Waals surface area contributed by atoms with E-state index < -0.39 is 69.1 Å². The average molecular weight is 632 g/mol. The molecule has 1 aliphatic heterocycles. The molecule has 0 amide bonds. The standard InChI is InChI=1S/C28H27F6N3O5S/c1-5-43-20-12-17(27(29,30)31)14-35-22(20)24(38)21(25(39)42-26(2,3)13-16-9-7-6-8-10-16)23-19(37(40)41)11-18(15-36(23)4)28(32,33)34/h6-12,14-15,21,23H,5,13H2,1-4H3. The van der Waals surface area contributed by atoms with Crippen molar-refractivity contribution in [1.29, 1.82) is 0 Å². The van der Waals surface area contributed by atoms with E-state index in [1.807, 2.05) is 0 Å². The summed E-state index contributed by atoms with van der Waals surface area (Å²) in [6.07, 6.45) is -8.59. The van der Waals surface area contributed by atoms with Gasteiger partial charge in [-0.3, -0.25) is 24.7 Å². The number of nitrogens with zero attached hydrogens (tertiary/aromatic N) is 3. The quantitative estimate of drug-likeness (QED) is 0.0558. The molecule has 15 heteroatoms. The summed E-state index contributed by atoms with van der Waals surface area (Å²) in [6, 6.07) is 7.45. The number of carbonyl (C=O) groups excluding carboxylic acids is 2. The fourth-order valence-electron chi connectivity index (χ4n) is 4.55. The molecule has 2 unspecified atom stereocenters. The first-order chi connectivity index (χ1) is 19.9. The average Bonchev–Trinajstić information content (AvgIpc) is 2.88. The van der Waals surface area contributed by atoms with Gasteiger partial charge in [-0.2, -0.15) is 26.3 Å². The number of nitro groups is 1. The van der Waals surface area contributed by atoms with E-state index in [2.05, 4.69) is 4.98 Å². The number of hydrogen-bond donors (Lipinski definition) is 0. The van der Waals surface area contributed by atoms with Crippen molar-refractivity contribution in [2.75, 3.05) is 12.8 Å². The summed E-state index contributed by atoms with van der Waals surface area (Å²) in [6.45, 7) is 4.60. The molecule has 0 saturated carbocycles. The Morgan fingerprint density at radius 2 is 1.74 bits per heavy atom. The molecule has 0 fully saturated rings. The SMILES string of the molecule is CCSc1cc(C(F)(F)F)cnc1C(=O)C(C(=O)OC(C)(C)Cc1ccccc1)C1C([N+](=O)[O-])=CC(C(F)(F)F)=CN1C. The number of alkyl halides is 6. The van der Waals surface area contributed by atoms with Crippen LogP contribution in [0, 0.1) is 16.0 Å². The van der Waals surface area contributed by atoms with Crippen molar-refractivity contribution in [1.82, 2.24) is 9.88 Å². The van der Waals surface area contributed by atoms with Crippen molar-refractivity contribution in [3.8, 4) is 0 Å². The van der Waals surface area contributed by atoms with Crippen molar-refractivity contribution in [3.63, 3.8) is 0 Å². The van der Waals surface area contributed by atoms with Crippen LogP contribution in [0.2, 0.25) is 0 Å². The van der Waals surface area contributed by atoms with Crippen molar-refractivity contribution >= 4 is 23.5 Å². The number of allylic oxidation sites excluding steroid dienone is 2. The van der Waals surface area contributed by atoms with Gasteiger partial charge in [-0.1, -0.05) is 37.3 Å². The second-order valence-corrected chi connectivity index (χ2v) is 11.5. The van der Waals surface area contributed by atoms with Gasteiger partial charge in [0, 0.05) is 36.8 Å². The number of pyridine rings is 1. The Morgan fingerprint density at radius 3 is 2.28 bits per heavy atom. The maximum atomic E-state index is 14.0. The molecule has 2 atom stereocenters. The zero-order valence-electron chi connectivity index (χ0n) is 23.3. The van der Waals surface area contributed by atoms with Crippen LogP contribution >= 0.6 is 11.8 Å². The molecule has 1 aromatic heterocycles. The third-order valence-corrected chi connectivity index (χ3v) is 7.25. The molecule has 0 spiro atoms. The molecular formula is C28H27F6N3O5S. The van der Waals surface area contributed by atoms with Gasteiger partial charge in [0.05, 0.1) is 16.1 Å². The molecule has 1 aromatic carbocycles. The van der Waals surface area contributed by atoms with Gasteiger partial charge >= 0.3 is 18.3 Å². The van der Waals surface area contributed by atoms with Crippen molar-refractivity contribution in [2.45, 2.75) is 56.1 Å². The first-order valence-electron chi connectivity index (χ1n) is 12.7. The largest absolute Gasteiger partial charge is 0.459 e. The van der Waals surface area contributed by atoms with E-state index in [4.69, 9.17) is 4.74 Å². The van der Waals surface area contributed by atoms with Crippen LogP contribution < -0.4 is 0 Å². The minimum atomic E-state index is -5.00. The number of carbonyl (C=O) groups is 2. The molecule has 0 N–H and O–H groups in total. The van der Waals surface area contributed by atoms with Crippen LogP contribution in [0.15, 0.2) is 71.0 Å². The lowest BCUT2D eigenvalue weighted by Gasteiger charge is -2.35. The number of ether oxygens (including phenoxy) is 1. The molecule has 0 bridgehead atoms. The molecular weight excluding hydrogens is 604 g/mol. The van der Waals surface area contributed by atoms with E-state index in [0.717, 1.165) is 24.4 Å². The lowest BCUT2D eigenvalue weighted by atomic mass is 9.87. The third kappa shape index (κ3) is 8.15. The van der Waals surface area contributed by atoms with Crippen molar-refractivity contribution in [3.05, 3.63) is 93.1 Å². The van der Waals surface area contributed by atoms with Gasteiger partial charge in [0.25, 0.3) is 5.70 Å². The van der Waals surface area contributed by atoms with E-state index in [-0.39, 0.29) is 23.1 Å². The fourth-order valence-corrected chi connectivity index (χ4v) is 5.36. The van der Waals surface area contributed by atoms with Crippen LogP contribution in [0.25, 0.3) is 0 Å². The molecule has 232 valence electrons. The van der Waals surface area contributed by atoms with Gasteiger partial charge in [0.1, 0.15) is 17.3 Å². The summed E-state index contributed by atoms with van der Waals surface area (Å²) in [5.74, 6) is -4.57. The number of rotatable bonds is 10. The van der Waals surface area contributed by atoms with E-state index in [1.165, 1.54) is 13.8 Å². The highest BCUT2D eigenvalue weighted by Gasteiger charge is 2.51. The Bertz CT molecular complexity index is 1440. The third-order valence-electron chi connectivity index (χ3n) is 6.34. The second-order valence-electron chi connectivity index (χ2n) is 10.2. The summed E-state index contributed by atoms with van der Waals surface area (Å²) < 4.78 is 86.5. The minimum absolute atomic E-state index is 0.131. The molecule has 8 nitrogen and oxygen atoms in total. The van der Waals surface area contributed by atoms with Crippen molar-refractivity contribution in [2.24, 2.45) is 5.92 Å². The zero-order valence-corrected chi connectivity index (χ0v) is 24.1. The topological polar surface area (TPSA) is 103 Å². The lowest BCUT2D eigenvalue weighted by Crippen LogP contribution is -2.50. The molecule has 2 heterocycles. The van der Waals surface area contributed by atoms with Gasteiger partial charge in [0.2, 0.25) is 0 Å². The molecule has 0 aliphatic carbocycles. The van der Waals surface area contributed by atoms with Gasteiger partial charge in [-0.15, -0.1) is 11.8 Å². The monoisotopic (exact) mass is 631 g/mol. The Labute approximate surface area is 246 Å². The predicted octanol–water partition coefficient (Wildman–Crippen LogP) is 6.50. The highest BCUT2D eigenvalue weighted by Crippen LogP contribution is 2.38. The van der Waals surface area contributed by atoms with Gasteiger partial charge < -0.3 is 9.64 Å². The van der Waals surface area contributed by atoms with Crippen molar-refractivity contribution < 1.29 is 45.6 Å². The van der Waals surface area contributed by atoms with Gasteiger partial charge in [0.15, 0.2) is 11.7 Å². The van der Waals surface area contributed by atoms with Gasteiger partial charge in [-0.05, 0) is 31.2 Å².